The first-order valence-electron chi connectivity index (χ1n) is 6.54. The van der Waals surface area contributed by atoms with E-state index >= 15 is 0 Å². The molecule has 0 radical (unpaired) electrons. The van der Waals surface area contributed by atoms with Crippen molar-refractivity contribution in [1.29, 1.82) is 0 Å². The lowest BCUT2D eigenvalue weighted by Gasteiger charge is -2.32. The molecule has 0 N–H and O–H groups in total. The van der Waals surface area contributed by atoms with E-state index in [-0.39, 0.29) is 11.4 Å². The van der Waals surface area contributed by atoms with E-state index in [1.807, 2.05) is 0 Å². The lowest BCUT2D eigenvalue weighted by molar-refractivity contribution is -0.174. The summed E-state index contributed by atoms with van der Waals surface area (Å²) in [4.78, 5) is 0. The predicted molar refractivity (Wildman–Crippen MR) is 62.4 cm³/mol. The van der Waals surface area contributed by atoms with Gasteiger partial charge in [0, 0.05) is 19.4 Å². The van der Waals surface area contributed by atoms with Crippen LogP contribution in [-0.4, -0.2) is 31.2 Å². The highest BCUT2D eigenvalue weighted by Crippen LogP contribution is 2.33. The molecule has 0 aliphatic carbocycles. The van der Waals surface area contributed by atoms with Crippen molar-refractivity contribution in [3.8, 4) is 0 Å². The van der Waals surface area contributed by atoms with E-state index in [2.05, 4.69) is 13.8 Å². The number of ether oxygens (including phenoxy) is 3. The molecule has 0 unspecified atom stereocenters. The summed E-state index contributed by atoms with van der Waals surface area (Å²) in [6.45, 7) is 6.71. The topological polar surface area (TPSA) is 27.7 Å². The van der Waals surface area contributed by atoms with Crippen LogP contribution in [0.1, 0.15) is 52.4 Å². The summed E-state index contributed by atoms with van der Waals surface area (Å²) in [5, 5.41) is 0. The first-order chi connectivity index (χ1) is 7.62. The van der Waals surface area contributed by atoms with Crippen LogP contribution in [0.15, 0.2) is 0 Å². The molecular formula is C13H24O3. The summed E-state index contributed by atoms with van der Waals surface area (Å²) in [5.41, 5.74) is 0.0435. The number of hydrogen-bond acceptors (Lipinski definition) is 3. The van der Waals surface area contributed by atoms with Gasteiger partial charge in [-0.1, -0.05) is 6.42 Å². The van der Waals surface area contributed by atoms with Gasteiger partial charge in [0.2, 0.25) is 0 Å². The second-order valence-electron chi connectivity index (χ2n) is 5.53. The van der Waals surface area contributed by atoms with Gasteiger partial charge in [-0.15, -0.1) is 0 Å². The minimum atomic E-state index is -0.273. The molecule has 0 aromatic heterocycles. The van der Waals surface area contributed by atoms with Gasteiger partial charge >= 0.3 is 0 Å². The summed E-state index contributed by atoms with van der Waals surface area (Å²) in [5.74, 6) is -0.273. The third-order valence-electron chi connectivity index (χ3n) is 3.59. The molecule has 0 bridgehead atoms. The van der Waals surface area contributed by atoms with E-state index in [9.17, 15) is 0 Å². The Hall–Kier alpha value is -0.120. The Balaban J connectivity index is 1.89. The van der Waals surface area contributed by atoms with Crippen molar-refractivity contribution < 1.29 is 14.2 Å². The summed E-state index contributed by atoms with van der Waals surface area (Å²) in [6.07, 6.45) is 6.55. The zero-order valence-corrected chi connectivity index (χ0v) is 10.6. The maximum absolute atomic E-state index is 5.90. The van der Waals surface area contributed by atoms with Gasteiger partial charge in [-0.25, -0.2) is 0 Å². The molecule has 94 valence electrons. The molecule has 2 rings (SSSR count). The molecule has 0 atom stereocenters. The monoisotopic (exact) mass is 228 g/mol. The molecule has 0 aromatic carbocycles. The zero-order chi connectivity index (χ0) is 11.5. The molecule has 1 spiro atoms. The molecule has 2 fully saturated rings. The molecule has 0 amide bonds. The van der Waals surface area contributed by atoms with Crippen molar-refractivity contribution in [2.45, 2.75) is 63.8 Å². The van der Waals surface area contributed by atoms with Crippen LogP contribution < -0.4 is 0 Å². The highest BCUT2D eigenvalue weighted by atomic mass is 16.7. The molecule has 2 heterocycles. The summed E-state index contributed by atoms with van der Waals surface area (Å²) >= 11 is 0. The molecule has 3 heteroatoms. The maximum atomic E-state index is 5.90. The van der Waals surface area contributed by atoms with E-state index in [1.165, 1.54) is 12.8 Å². The van der Waals surface area contributed by atoms with Gasteiger partial charge in [0.05, 0.1) is 18.8 Å². The van der Waals surface area contributed by atoms with Gasteiger partial charge in [-0.05, 0) is 33.1 Å². The van der Waals surface area contributed by atoms with Crippen LogP contribution in [0.2, 0.25) is 0 Å². The van der Waals surface area contributed by atoms with Crippen LogP contribution >= 0.6 is 0 Å². The molecule has 0 aromatic rings. The summed E-state index contributed by atoms with van der Waals surface area (Å²) in [6, 6.07) is 0. The molecule has 2 aliphatic heterocycles. The van der Waals surface area contributed by atoms with E-state index < -0.39 is 0 Å². The highest BCUT2D eigenvalue weighted by Gasteiger charge is 2.36. The van der Waals surface area contributed by atoms with Gasteiger partial charge in [0.25, 0.3) is 0 Å². The fourth-order valence-electron chi connectivity index (χ4n) is 2.62. The molecular weight excluding hydrogens is 204 g/mol. The van der Waals surface area contributed by atoms with Gasteiger partial charge in [-0.3, -0.25) is 0 Å². The van der Waals surface area contributed by atoms with Crippen LogP contribution in [0, 0.1) is 0 Å². The smallest absolute Gasteiger partial charge is 0.168 e. The second kappa shape index (κ2) is 5.03. The van der Waals surface area contributed by atoms with Crippen LogP contribution in [0.3, 0.4) is 0 Å². The fourth-order valence-corrected chi connectivity index (χ4v) is 2.62. The van der Waals surface area contributed by atoms with Crippen LogP contribution in [0.5, 0.6) is 0 Å². The fraction of sp³-hybridized carbons (Fsp3) is 1.00. The van der Waals surface area contributed by atoms with Crippen molar-refractivity contribution in [3.05, 3.63) is 0 Å². The molecule has 2 aliphatic rings. The van der Waals surface area contributed by atoms with Crippen molar-refractivity contribution in [3.63, 3.8) is 0 Å². The van der Waals surface area contributed by atoms with Gasteiger partial charge in [0.15, 0.2) is 5.79 Å². The Kier molecular flexibility index (Phi) is 3.88. The van der Waals surface area contributed by atoms with Gasteiger partial charge in [-0.2, -0.15) is 0 Å². The predicted octanol–water partition coefficient (Wildman–Crippen LogP) is 2.88. The Morgan fingerprint density at radius 1 is 0.688 bits per heavy atom. The molecule has 16 heavy (non-hydrogen) atoms. The number of hydrogen-bond donors (Lipinski definition) is 0. The molecule has 3 nitrogen and oxygen atoms in total. The van der Waals surface area contributed by atoms with Gasteiger partial charge < -0.3 is 14.2 Å². The first kappa shape index (κ1) is 12.3. The lowest BCUT2D eigenvalue weighted by atomic mass is 9.95. The standard InChI is InChI=1S/C13H24O3/c1-12(2)6-3-4-7-13(8-5-9-14-12)15-10-11-16-13/h3-11H2,1-2H3. The van der Waals surface area contributed by atoms with Crippen LogP contribution in [0.4, 0.5) is 0 Å². The molecule has 2 saturated heterocycles. The molecule has 0 saturated carbocycles. The summed E-state index contributed by atoms with van der Waals surface area (Å²) in [7, 11) is 0. The summed E-state index contributed by atoms with van der Waals surface area (Å²) < 4.78 is 17.5. The Labute approximate surface area is 98.4 Å². The average Bonchev–Trinajstić information content (AvgIpc) is 2.69. The normalized spacial score (nSPS) is 30.4. The second-order valence-corrected chi connectivity index (χ2v) is 5.53. The van der Waals surface area contributed by atoms with Crippen molar-refractivity contribution in [1.82, 2.24) is 0 Å². The average molecular weight is 228 g/mol. The Morgan fingerprint density at radius 3 is 2.06 bits per heavy atom. The Morgan fingerprint density at radius 2 is 1.31 bits per heavy atom. The third kappa shape index (κ3) is 3.19. The maximum Gasteiger partial charge on any atom is 0.168 e. The van der Waals surface area contributed by atoms with E-state index in [1.54, 1.807) is 0 Å². The van der Waals surface area contributed by atoms with E-state index in [4.69, 9.17) is 14.2 Å². The minimum Gasteiger partial charge on any atom is -0.376 e. The zero-order valence-electron chi connectivity index (χ0n) is 10.6. The van der Waals surface area contributed by atoms with Crippen LogP contribution in [-0.2, 0) is 14.2 Å². The van der Waals surface area contributed by atoms with Crippen molar-refractivity contribution in [2.24, 2.45) is 0 Å². The van der Waals surface area contributed by atoms with Crippen molar-refractivity contribution in [2.75, 3.05) is 19.8 Å². The van der Waals surface area contributed by atoms with E-state index in [0.29, 0.717) is 0 Å². The van der Waals surface area contributed by atoms with Gasteiger partial charge in [0.1, 0.15) is 0 Å². The number of rotatable bonds is 0. The van der Waals surface area contributed by atoms with Crippen LogP contribution in [0.25, 0.3) is 0 Å². The first-order valence-corrected chi connectivity index (χ1v) is 6.54. The largest absolute Gasteiger partial charge is 0.376 e. The minimum absolute atomic E-state index is 0.0435. The lowest BCUT2D eigenvalue weighted by Crippen LogP contribution is -2.33. The highest BCUT2D eigenvalue weighted by molar-refractivity contribution is 4.77. The van der Waals surface area contributed by atoms with Crippen molar-refractivity contribution >= 4 is 0 Å². The quantitative estimate of drug-likeness (QED) is 0.638. The SMILES string of the molecule is CC1(C)CCCCC2(CCCO1)OCCO2. The van der Waals surface area contributed by atoms with E-state index in [0.717, 1.165) is 45.5 Å². The third-order valence-corrected chi connectivity index (χ3v) is 3.59. The Bertz CT molecular complexity index is 203.